The van der Waals surface area contributed by atoms with Gasteiger partial charge in [0.25, 0.3) is 0 Å². The maximum Gasteiger partial charge on any atom is 0.0541 e. The van der Waals surface area contributed by atoms with Crippen LogP contribution < -0.4 is 0 Å². The van der Waals surface area contributed by atoms with Crippen LogP contribution in [0, 0.1) is 0 Å². The zero-order chi connectivity index (χ0) is 18.6. The summed E-state index contributed by atoms with van der Waals surface area (Å²) in [5, 5.41) is 2.59. The Morgan fingerprint density at radius 2 is 1.00 bits per heavy atom. The van der Waals surface area contributed by atoms with Crippen molar-refractivity contribution in [3.05, 3.63) is 103 Å². The highest BCUT2D eigenvalue weighted by Gasteiger charge is 2.11. The van der Waals surface area contributed by atoms with Gasteiger partial charge in [-0.1, -0.05) is 92.7 Å². The van der Waals surface area contributed by atoms with E-state index in [1.54, 1.807) is 0 Å². The van der Waals surface area contributed by atoms with Crippen LogP contribution in [0.5, 0.6) is 0 Å². The molecule has 0 unspecified atom stereocenters. The minimum atomic E-state index is 1.19. The molecule has 0 bridgehead atoms. The van der Waals surface area contributed by atoms with Crippen molar-refractivity contribution < 1.29 is 0 Å². The Kier molecular flexibility index (Phi) is 4.76. The van der Waals surface area contributed by atoms with Gasteiger partial charge in [0, 0.05) is 16.5 Å². The highest BCUT2D eigenvalue weighted by atomic mass is 15.0. The molecular formula is C26H23N. The van der Waals surface area contributed by atoms with Gasteiger partial charge in [-0.2, -0.15) is 0 Å². The van der Waals surface area contributed by atoms with Gasteiger partial charge < -0.3 is 4.57 Å². The summed E-state index contributed by atoms with van der Waals surface area (Å²) in [6, 6.07) is 36.6. The highest BCUT2D eigenvalue weighted by Crippen LogP contribution is 2.32. The third-order valence-corrected chi connectivity index (χ3v) is 4.79. The Labute approximate surface area is 160 Å². The molecule has 0 fully saturated rings. The molecule has 0 N–H and O–H groups in total. The van der Waals surface area contributed by atoms with Crippen LogP contribution >= 0.6 is 0 Å². The van der Waals surface area contributed by atoms with E-state index >= 15 is 0 Å². The second-order valence-corrected chi connectivity index (χ2v) is 6.29. The molecule has 0 aliphatic rings. The molecule has 5 aromatic rings. The lowest BCUT2D eigenvalue weighted by Crippen LogP contribution is -1.94. The van der Waals surface area contributed by atoms with Crippen LogP contribution in [0.25, 0.3) is 38.6 Å². The molecule has 0 saturated carbocycles. The minimum Gasteiger partial charge on any atom is -0.309 e. The van der Waals surface area contributed by atoms with E-state index in [0.29, 0.717) is 0 Å². The smallest absolute Gasteiger partial charge is 0.0541 e. The Morgan fingerprint density at radius 1 is 0.481 bits per heavy atom. The molecule has 4 aromatic carbocycles. The first-order valence-corrected chi connectivity index (χ1v) is 9.56. The first kappa shape index (κ1) is 17.1. The fourth-order valence-electron chi connectivity index (χ4n) is 3.66. The maximum atomic E-state index is 2.36. The Bertz CT molecular complexity index is 1130. The van der Waals surface area contributed by atoms with E-state index in [4.69, 9.17) is 0 Å². The summed E-state index contributed by atoms with van der Waals surface area (Å²) in [7, 11) is 0. The maximum absolute atomic E-state index is 2.36. The van der Waals surface area contributed by atoms with Crippen LogP contribution in [0.4, 0.5) is 0 Å². The van der Waals surface area contributed by atoms with Crippen LogP contribution in [0.2, 0.25) is 0 Å². The van der Waals surface area contributed by atoms with E-state index in [2.05, 4.69) is 108 Å². The lowest BCUT2D eigenvalue weighted by atomic mass is 10.1. The normalized spacial score (nSPS) is 10.6. The van der Waals surface area contributed by atoms with E-state index in [0.717, 1.165) is 0 Å². The quantitative estimate of drug-likeness (QED) is 0.311. The second-order valence-electron chi connectivity index (χ2n) is 6.29. The molecule has 0 aliphatic carbocycles. The molecule has 132 valence electrons. The monoisotopic (exact) mass is 349 g/mol. The molecule has 1 aromatic heterocycles. The van der Waals surface area contributed by atoms with Crippen molar-refractivity contribution in [1.29, 1.82) is 0 Å². The fourth-order valence-corrected chi connectivity index (χ4v) is 3.66. The van der Waals surface area contributed by atoms with Gasteiger partial charge in [0.05, 0.1) is 11.0 Å². The van der Waals surface area contributed by atoms with Gasteiger partial charge in [-0.15, -0.1) is 0 Å². The van der Waals surface area contributed by atoms with Crippen molar-refractivity contribution in [2.45, 2.75) is 13.8 Å². The summed E-state index contributed by atoms with van der Waals surface area (Å²) in [6.45, 7) is 4.00. The lowest BCUT2D eigenvalue weighted by molar-refractivity contribution is 1.18. The van der Waals surface area contributed by atoms with Gasteiger partial charge >= 0.3 is 0 Å². The van der Waals surface area contributed by atoms with E-state index in [1.807, 2.05) is 13.8 Å². The molecule has 1 heterocycles. The average Bonchev–Trinajstić information content (AvgIpc) is 3.10. The third-order valence-electron chi connectivity index (χ3n) is 4.79. The number of fused-ring (bicyclic) bond motifs is 3. The second kappa shape index (κ2) is 7.51. The lowest BCUT2D eigenvalue weighted by Gasteiger charge is -2.10. The molecular weight excluding hydrogens is 326 g/mol. The standard InChI is InChI=1S/C24H17N.C2H6/c1-2-9-18(10-3-1)19-11-8-12-20(17-19)25-23-15-6-4-13-21(23)22-14-5-7-16-24(22)25;1-2/h1-17H;1-2H3. The predicted octanol–water partition coefficient (Wildman–Crippen LogP) is 7.48. The molecule has 0 aliphatic heterocycles. The molecule has 0 spiro atoms. The molecule has 0 atom stereocenters. The number of hydrogen-bond donors (Lipinski definition) is 0. The molecule has 1 nitrogen and oxygen atoms in total. The molecule has 27 heavy (non-hydrogen) atoms. The zero-order valence-corrected chi connectivity index (χ0v) is 15.8. The summed E-state index contributed by atoms with van der Waals surface area (Å²) in [5.41, 5.74) is 6.16. The zero-order valence-electron chi connectivity index (χ0n) is 15.8. The van der Waals surface area contributed by atoms with Crippen LogP contribution in [-0.4, -0.2) is 4.57 Å². The minimum absolute atomic E-state index is 1.19. The van der Waals surface area contributed by atoms with Crippen LogP contribution in [0.15, 0.2) is 103 Å². The summed E-state index contributed by atoms with van der Waals surface area (Å²) in [5.74, 6) is 0. The first-order valence-electron chi connectivity index (χ1n) is 9.56. The summed E-state index contributed by atoms with van der Waals surface area (Å²) < 4.78 is 2.36. The molecule has 5 rings (SSSR count). The van der Waals surface area contributed by atoms with E-state index < -0.39 is 0 Å². The molecule has 0 saturated heterocycles. The number of nitrogens with zero attached hydrogens (tertiary/aromatic N) is 1. The summed E-state index contributed by atoms with van der Waals surface area (Å²) >= 11 is 0. The first-order chi connectivity index (χ1) is 13.4. The topological polar surface area (TPSA) is 4.93 Å². The van der Waals surface area contributed by atoms with Gasteiger partial charge in [0.15, 0.2) is 0 Å². The van der Waals surface area contributed by atoms with Crippen molar-refractivity contribution in [2.75, 3.05) is 0 Å². The number of hydrogen-bond acceptors (Lipinski definition) is 0. The highest BCUT2D eigenvalue weighted by molar-refractivity contribution is 6.09. The van der Waals surface area contributed by atoms with E-state index in [-0.39, 0.29) is 0 Å². The number of aromatic nitrogens is 1. The summed E-state index contributed by atoms with van der Waals surface area (Å²) in [4.78, 5) is 0. The molecule has 1 heteroatoms. The van der Waals surface area contributed by atoms with E-state index in [9.17, 15) is 0 Å². The number of para-hydroxylation sites is 2. The van der Waals surface area contributed by atoms with Crippen LogP contribution in [0.3, 0.4) is 0 Å². The van der Waals surface area contributed by atoms with Crippen molar-refractivity contribution >= 4 is 21.8 Å². The third kappa shape index (κ3) is 3.02. The van der Waals surface area contributed by atoms with Gasteiger partial charge in [0.1, 0.15) is 0 Å². The number of benzene rings is 4. The Hall–Kier alpha value is -3.32. The van der Waals surface area contributed by atoms with Crippen molar-refractivity contribution in [1.82, 2.24) is 4.57 Å². The van der Waals surface area contributed by atoms with Crippen LogP contribution in [-0.2, 0) is 0 Å². The fraction of sp³-hybridized carbons (Fsp3) is 0.0769. The van der Waals surface area contributed by atoms with E-state index in [1.165, 1.54) is 38.6 Å². The number of rotatable bonds is 2. The van der Waals surface area contributed by atoms with Gasteiger partial charge in [-0.25, -0.2) is 0 Å². The van der Waals surface area contributed by atoms with Crippen molar-refractivity contribution in [3.63, 3.8) is 0 Å². The van der Waals surface area contributed by atoms with Crippen LogP contribution in [0.1, 0.15) is 13.8 Å². The van der Waals surface area contributed by atoms with Gasteiger partial charge in [0.2, 0.25) is 0 Å². The predicted molar refractivity (Wildman–Crippen MR) is 118 cm³/mol. The van der Waals surface area contributed by atoms with Gasteiger partial charge in [-0.05, 0) is 35.4 Å². The Morgan fingerprint density at radius 3 is 1.63 bits per heavy atom. The molecule has 0 radical (unpaired) electrons. The van der Waals surface area contributed by atoms with Crippen molar-refractivity contribution in [2.24, 2.45) is 0 Å². The SMILES string of the molecule is CC.c1ccc(-c2cccc(-n3c4ccccc4c4ccccc43)c2)cc1. The summed E-state index contributed by atoms with van der Waals surface area (Å²) in [6.07, 6.45) is 0. The molecule has 0 amide bonds. The van der Waals surface area contributed by atoms with Gasteiger partial charge in [-0.3, -0.25) is 0 Å². The largest absolute Gasteiger partial charge is 0.309 e. The Balaban J connectivity index is 0.000000872. The van der Waals surface area contributed by atoms with Crippen molar-refractivity contribution in [3.8, 4) is 16.8 Å². The average molecular weight is 349 g/mol.